The molecule has 0 saturated heterocycles. The zero-order valence-electron chi connectivity index (χ0n) is 14.3. The van der Waals surface area contributed by atoms with E-state index in [4.69, 9.17) is 4.74 Å². The fraction of sp³-hybridized carbons (Fsp3) is 0.211. The van der Waals surface area contributed by atoms with Crippen LogP contribution in [-0.4, -0.2) is 27.2 Å². The van der Waals surface area contributed by atoms with Gasteiger partial charge in [0.05, 0.1) is 12.2 Å². The first-order valence-corrected chi connectivity index (χ1v) is 8.10. The second kappa shape index (κ2) is 7.61. The number of carbonyl (C=O) groups excluding carboxylic acids is 1. The van der Waals surface area contributed by atoms with Crippen LogP contribution in [0.4, 0.5) is 0 Å². The number of pyridine rings is 1. The molecular weight excluding hydrogens is 316 g/mol. The second-order valence-corrected chi connectivity index (χ2v) is 5.70. The van der Waals surface area contributed by atoms with Crippen LogP contribution in [0.2, 0.25) is 0 Å². The summed E-state index contributed by atoms with van der Waals surface area (Å²) in [7, 11) is 0. The number of benzene rings is 1. The number of aromatic nitrogens is 3. The topological polar surface area (TPSA) is 69.0 Å². The van der Waals surface area contributed by atoms with Crippen LogP contribution >= 0.6 is 0 Å². The van der Waals surface area contributed by atoms with Crippen LogP contribution in [0.5, 0.6) is 11.6 Å². The zero-order valence-corrected chi connectivity index (χ0v) is 14.3. The van der Waals surface area contributed by atoms with Gasteiger partial charge in [0.1, 0.15) is 5.75 Å². The minimum Gasteiger partial charge on any atom is -0.439 e. The lowest BCUT2D eigenvalue weighted by atomic mass is 10.2. The maximum atomic E-state index is 12.3. The summed E-state index contributed by atoms with van der Waals surface area (Å²) in [6.07, 6.45) is 1.66. The van der Waals surface area contributed by atoms with Crippen LogP contribution in [-0.2, 0) is 6.54 Å². The van der Waals surface area contributed by atoms with Crippen molar-refractivity contribution in [2.45, 2.75) is 20.4 Å². The van der Waals surface area contributed by atoms with Gasteiger partial charge >= 0.3 is 0 Å². The standard InChI is InChI=1S/C19H20N4O2/c1-14-12-15(2)23(22-14)11-10-21-19(24)16-6-5-7-17(13-16)25-18-8-3-4-9-20-18/h3-9,12-13H,10-11H2,1-2H3,(H,21,24). The van der Waals surface area contributed by atoms with Crippen molar-refractivity contribution in [3.05, 3.63) is 71.7 Å². The number of ether oxygens (including phenoxy) is 1. The number of hydrogen-bond acceptors (Lipinski definition) is 4. The van der Waals surface area contributed by atoms with Crippen LogP contribution in [0.1, 0.15) is 21.7 Å². The Morgan fingerprint density at radius 2 is 2.04 bits per heavy atom. The van der Waals surface area contributed by atoms with Gasteiger partial charge in [0, 0.05) is 30.1 Å². The number of rotatable bonds is 6. The van der Waals surface area contributed by atoms with Gasteiger partial charge in [0.25, 0.3) is 5.91 Å². The van der Waals surface area contributed by atoms with E-state index in [9.17, 15) is 4.79 Å². The van der Waals surface area contributed by atoms with E-state index in [2.05, 4.69) is 15.4 Å². The number of nitrogens with one attached hydrogen (secondary N) is 1. The van der Waals surface area contributed by atoms with Crippen molar-refractivity contribution in [1.29, 1.82) is 0 Å². The summed E-state index contributed by atoms with van der Waals surface area (Å²) in [6, 6.07) is 14.5. The van der Waals surface area contributed by atoms with E-state index < -0.39 is 0 Å². The predicted octanol–water partition coefficient (Wildman–Crippen LogP) is 3.12. The van der Waals surface area contributed by atoms with Gasteiger partial charge in [-0.1, -0.05) is 12.1 Å². The molecule has 0 saturated carbocycles. The Morgan fingerprint density at radius 1 is 1.16 bits per heavy atom. The molecule has 128 valence electrons. The lowest BCUT2D eigenvalue weighted by Gasteiger charge is -2.09. The highest BCUT2D eigenvalue weighted by atomic mass is 16.5. The zero-order chi connectivity index (χ0) is 17.6. The molecule has 0 spiro atoms. The fourth-order valence-electron chi connectivity index (χ4n) is 2.51. The maximum Gasteiger partial charge on any atom is 0.251 e. The predicted molar refractivity (Wildman–Crippen MR) is 94.8 cm³/mol. The lowest BCUT2D eigenvalue weighted by Crippen LogP contribution is -2.27. The van der Waals surface area contributed by atoms with Crippen molar-refractivity contribution in [2.24, 2.45) is 0 Å². The van der Waals surface area contributed by atoms with E-state index in [1.165, 1.54) is 0 Å². The van der Waals surface area contributed by atoms with Gasteiger partial charge in [-0.05, 0) is 44.2 Å². The van der Waals surface area contributed by atoms with Crippen LogP contribution in [0.25, 0.3) is 0 Å². The number of nitrogens with zero attached hydrogens (tertiary/aromatic N) is 3. The molecule has 2 heterocycles. The molecule has 25 heavy (non-hydrogen) atoms. The highest BCUT2D eigenvalue weighted by molar-refractivity contribution is 5.94. The van der Waals surface area contributed by atoms with Gasteiger partial charge in [-0.2, -0.15) is 5.10 Å². The summed E-state index contributed by atoms with van der Waals surface area (Å²) < 4.78 is 7.54. The van der Waals surface area contributed by atoms with Gasteiger partial charge in [-0.3, -0.25) is 9.48 Å². The third-order valence-corrected chi connectivity index (χ3v) is 3.67. The Kier molecular flexibility index (Phi) is 5.09. The van der Waals surface area contributed by atoms with Crippen molar-refractivity contribution in [3.63, 3.8) is 0 Å². The van der Waals surface area contributed by atoms with Crippen LogP contribution in [0, 0.1) is 13.8 Å². The molecule has 0 atom stereocenters. The van der Waals surface area contributed by atoms with Gasteiger partial charge < -0.3 is 10.1 Å². The van der Waals surface area contributed by atoms with E-state index in [0.717, 1.165) is 11.4 Å². The van der Waals surface area contributed by atoms with E-state index in [-0.39, 0.29) is 5.91 Å². The highest BCUT2D eigenvalue weighted by Gasteiger charge is 2.08. The molecule has 1 amide bonds. The molecule has 3 aromatic rings. The van der Waals surface area contributed by atoms with Gasteiger partial charge in [0.2, 0.25) is 5.88 Å². The minimum absolute atomic E-state index is 0.145. The van der Waals surface area contributed by atoms with Gasteiger partial charge in [0.15, 0.2) is 0 Å². The van der Waals surface area contributed by atoms with Crippen molar-refractivity contribution in [3.8, 4) is 11.6 Å². The Morgan fingerprint density at radius 3 is 2.76 bits per heavy atom. The van der Waals surface area contributed by atoms with Gasteiger partial charge in [-0.15, -0.1) is 0 Å². The number of aryl methyl sites for hydroxylation is 2. The van der Waals surface area contributed by atoms with E-state index >= 15 is 0 Å². The molecule has 3 rings (SSSR count). The third-order valence-electron chi connectivity index (χ3n) is 3.67. The Labute approximate surface area is 146 Å². The monoisotopic (exact) mass is 336 g/mol. The lowest BCUT2D eigenvalue weighted by molar-refractivity contribution is 0.0951. The quantitative estimate of drug-likeness (QED) is 0.751. The molecule has 6 heteroatoms. The van der Waals surface area contributed by atoms with E-state index in [1.54, 1.807) is 36.5 Å². The van der Waals surface area contributed by atoms with E-state index in [1.807, 2.05) is 36.7 Å². The summed E-state index contributed by atoms with van der Waals surface area (Å²) in [6.45, 7) is 5.09. The first-order valence-electron chi connectivity index (χ1n) is 8.10. The molecule has 0 fully saturated rings. The molecule has 0 unspecified atom stereocenters. The van der Waals surface area contributed by atoms with Crippen molar-refractivity contribution in [1.82, 2.24) is 20.1 Å². The minimum atomic E-state index is -0.145. The molecule has 0 bridgehead atoms. The van der Waals surface area contributed by atoms with Crippen LogP contribution < -0.4 is 10.1 Å². The van der Waals surface area contributed by atoms with E-state index in [0.29, 0.717) is 30.3 Å². The van der Waals surface area contributed by atoms with Crippen LogP contribution in [0.15, 0.2) is 54.7 Å². The molecule has 2 aromatic heterocycles. The number of amides is 1. The average Bonchev–Trinajstić information content (AvgIpc) is 2.93. The summed E-state index contributed by atoms with van der Waals surface area (Å²) in [4.78, 5) is 16.4. The summed E-state index contributed by atoms with van der Waals surface area (Å²) in [5.74, 6) is 0.919. The largest absolute Gasteiger partial charge is 0.439 e. The molecular formula is C19H20N4O2. The number of carbonyl (C=O) groups is 1. The second-order valence-electron chi connectivity index (χ2n) is 5.70. The summed E-state index contributed by atoms with van der Waals surface area (Å²) in [5, 5.41) is 7.28. The Balaban J connectivity index is 1.58. The Bertz CT molecular complexity index is 859. The molecule has 0 aliphatic rings. The molecule has 6 nitrogen and oxygen atoms in total. The first-order chi connectivity index (χ1) is 12.1. The highest BCUT2D eigenvalue weighted by Crippen LogP contribution is 2.19. The normalized spacial score (nSPS) is 10.5. The van der Waals surface area contributed by atoms with Gasteiger partial charge in [-0.25, -0.2) is 4.98 Å². The summed E-state index contributed by atoms with van der Waals surface area (Å²) in [5.41, 5.74) is 2.60. The smallest absolute Gasteiger partial charge is 0.251 e. The third kappa shape index (κ3) is 4.44. The Hall–Kier alpha value is -3.15. The number of hydrogen-bond donors (Lipinski definition) is 1. The van der Waals surface area contributed by atoms with Crippen molar-refractivity contribution in [2.75, 3.05) is 6.54 Å². The molecule has 0 aliphatic heterocycles. The fourth-order valence-corrected chi connectivity index (χ4v) is 2.51. The average molecular weight is 336 g/mol. The van der Waals surface area contributed by atoms with Crippen LogP contribution in [0.3, 0.4) is 0 Å². The van der Waals surface area contributed by atoms with Crippen molar-refractivity contribution < 1.29 is 9.53 Å². The summed E-state index contributed by atoms with van der Waals surface area (Å²) >= 11 is 0. The molecule has 0 radical (unpaired) electrons. The molecule has 0 aliphatic carbocycles. The first kappa shape index (κ1) is 16.7. The maximum absolute atomic E-state index is 12.3. The molecule has 1 aromatic carbocycles. The SMILES string of the molecule is Cc1cc(C)n(CCNC(=O)c2cccc(Oc3ccccn3)c2)n1. The van der Waals surface area contributed by atoms with Crippen molar-refractivity contribution >= 4 is 5.91 Å². The molecule has 1 N–H and O–H groups in total.